The Hall–Kier alpha value is -0.803. The molecule has 0 aliphatic heterocycles. The molecule has 1 aliphatic carbocycles. The number of hydrogen-bond acceptors (Lipinski definition) is 2. The molecule has 0 aromatic heterocycles. The zero-order valence-electron chi connectivity index (χ0n) is 12.9. The highest BCUT2D eigenvalue weighted by Gasteiger charge is 2.39. The van der Waals surface area contributed by atoms with E-state index in [1.165, 1.54) is 17.5 Å². The van der Waals surface area contributed by atoms with Crippen molar-refractivity contribution in [2.45, 2.75) is 64.2 Å². The van der Waals surface area contributed by atoms with E-state index in [2.05, 4.69) is 52.1 Å². The first kappa shape index (κ1) is 14.6. The molecule has 0 saturated carbocycles. The van der Waals surface area contributed by atoms with Crippen LogP contribution >= 0.6 is 0 Å². The van der Waals surface area contributed by atoms with Crippen LogP contribution in [0.15, 0.2) is 18.2 Å². The summed E-state index contributed by atoms with van der Waals surface area (Å²) in [4.78, 5) is 0. The first-order valence-electron chi connectivity index (χ1n) is 7.28. The van der Waals surface area contributed by atoms with Gasteiger partial charge in [0.15, 0.2) is 0 Å². The average Bonchev–Trinajstić information content (AvgIpc) is 2.28. The molecule has 1 unspecified atom stereocenters. The number of benzene rings is 1. The van der Waals surface area contributed by atoms with E-state index in [1.54, 1.807) is 0 Å². The minimum Gasteiger partial charge on any atom is -0.543 e. The lowest BCUT2D eigenvalue weighted by molar-refractivity contribution is 0.488. The Bertz CT molecular complexity index is 462. The van der Waals surface area contributed by atoms with Crippen molar-refractivity contribution in [3.05, 3.63) is 29.3 Å². The molecule has 1 atom stereocenters. The predicted octanol–water partition coefficient (Wildman–Crippen LogP) is 4.41. The molecule has 0 saturated heterocycles. The van der Waals surface area contributed by atoms with Crippen LogP contribution in [-0.2, 0) is 6.42 Å². The van der Waals surface area contributed by atoms with Gasteiger partial charge in [0.1, 0.15) is 5.75 Å². The van der Waals surface area contributed by atoms with Gasteiger partial charge in [0.2, 0.25) is 8.32 Å². The van der Waals surface area contributed by atoms with Crippen molar-refractivity contribution in [3.8, 4) is 5.75 Å². The number of hydrogen-bond donors (Lipinski definition) is 1. The summed E-state index contributed by atoms with van der Waals surface area (Å²) in [5.74, 6) is 1.00. The maximum absolute atomic E-state index is 6.36. The van der Waals surface area contributed by atoms with Gasteiger partial charge in [-0.1, -0.05) is 26.8 Å². The zero-order chi connectivity index (χ0) is 14.3. The maximum Gasteiger partial charge on any atom is 0.250 e. The topological polar surface area (TPSA) is 35.2 Å². The summed E-state index contributed by atoms with van der Waals surface area (Å²) >= 11 is 0. The molecule has 0 heterocycles. The van der Waals surface area contributed by atoms with E-state index < -0.39 is 8.32 Å². The van der Waals surface area contributed by atoms with Crippen LogP contribution in [0.3, 0.4) is 0 Å². The van der Waals surface area contributed by atoms with Gasteiger partial charge in [-0.05, 0) is 60.7 Å². The van der Waals surface area contributed by atoms with Gasteiger partial charge < -0.3 is 10.2 Å². The van der Waals surface area contributed by atoms with Gasteiger partial charge in [-0.3, -0.25) is 0 Å². The van der Waals surface area contributed by atoms with Crippen LogP contribution in [0.1, 0.15) is 50.8 Å². The van der Waals surface area contributed by atoms with Crippen LogP contribution in [0.4, 0.5) is 0 Å². The van der Waals surface area contributed by atoms with E-state index in [4.69, 9.17) is 10.2 Å². The van der Waals surface area contributed by atoms with E-state index in [0.717, 1.165) is 18.6 Å². The smallest absolute Gasteiger partial charge is 0.250 e. The predicted molar refractivity (Wildman–Crippen MR) is 84.1 cm³/mol. The van der Waals surface area contributed by atoms with Crippen LogP contribution < -0.4 is 10.2 Å². The number of nitrogens with two attached hydrogens (primary N) is 1. The molecule has 2 N–H and O–H groups in total. The fourth-order valence-corrected chi connectivity index (χ4v) is 3.35. The summed E-state index contributed by atoms with van der Waals surface area (Å²) in [7, 11) is -1.75. The second kappa shape index (κ2) is 4.95. The fraction of sp³-hybridized carbons (Fsp3) is 0.625. The Morgan fingerprint density at radius 1 is 1.26 bits per heavy atom. The van der Waals surface area contributed by atoms with Gasteiger partial charge in [0, 0.05) is 6.04 Å². The molecule has 0 amide bonds. The third-order valence-corrected chi connectivity index (χ3v) is 9.02. The number of rotatable bonds is 2. The molecule has 19 heavy (non-hydrogen) atoms. The Morgan fingerprint density at radius 3 is 2.58 bits per heavy atom. The maximum atomic E-state index is 6.36. The normalized spacial score (nSPS) is 20.0. The Balaban J connectivity index is 2.26. The Morgan fingerprint density at radius 2 is 1.95 bits per heavy atom. The van der Waals surface area contributed by atoms with Gasteiger partial charge >= 0.3 is 0 Å². The zero-order valence-corrected chi connectivity index (χ0v) is 13.9. The summed E-state index contributed by atoms with van der Waals surface area (Å²) in [6.07, 6.45) is 3.45. The standard InChI is InChI=1S/C16H27NOSi/c1-16(2,3)19(4,5)18-13-10-9-12-7-6-8-15(17)14(12)11-13/h9-11,15H,6-8,17H2,1-5H3. The van der Waals surface area contributed by atoms with Crippen molar-refractivity contribution >= 4 is 8.32 Å². The number of aryl methyl sites for hydroxylation is 1. The highest BCUT2D eigenvalue weighted by molar-refractivity contribution is 6.74. The lowest BCUT2D eigenvalue weighted by Gasteiger charge is -2.37. The molecular weight excluding hydrogens is 250 g/mol. The second-order valence-corrected chi connectivity index (χ2v) is 11.9. The summed E-state index contributed by atoms with van der Waals surface area (Å²) in [5, 5.41) is 0.227. The first-order chi connectivity index (χ1) is 8.71. The number of fused-ring (bicyclic) bond motifs is 1. The molecule has 106 valence electrons. The van der Waals surface area contributed by atoms with Crippen molar-refractivity contribution in [2.24, 2.45) is 5.73 Å². The van der Waals surface area contributed by atoms with Crippen LogP contribution in [-0.4, -0.2) is 8.32 Å². The SMILES string of the molecule is CC(C)(C)[Si](C)(C)Oc1ccc2c(c1)C(N)CCC2. The van der Waals surface area contributed by atoms with Gasteiger partial charge in [-0.25, -0.2) is 0 Å². The van der Waals surface area contributed by atoms with E-state index in [-0.39, 0.29) is 11.1 Å². The molecule has 0 bridgehead atoms. The van der Waals surface area contributed by atoms with E-state index in [9.17, 15) is 0 Å². The monoisotopic (exact) mass is 277 g/mol. The van der Waals surface area contributed by atoms with Gasteiger partial charge in [-0.15, -0.1) is 0 Å². The highest BCUT2D eigenvalue weighted by Crippen LogP contribution is 2.38. The molecular formula is C16H27NOSi. The Labute approximate surface area is 118 Å². The minimum atomic E-state index is -1.75. The summed E-state index contributed by atoms with van der Waals surface area (Å²) < 4.78 is 6.36. The Kier molecular flexibility index (Phi) is 3.80. The largest absolute Gasteiger partial charge is 0.543 e. The highest BCUT2D eigenvalue weighted by atomic mass is 28.4. The lowest BCUT2D eigenvalue weighted by Crippen LogP contribution is -2.43. The quantitative estimate of drug-likeness (QED) is 0.813. The molecule has 1 aliphatic rings. The second-order valence-electron chi connectivity index (χ2n) is 7.22. The molecule has 0 spiro atoms. The summed E-state index contributed by atoms with van der Waals surface area (Å²) in [5.41, 5.74) is 8.92. The molecule has 0 radical (unpaired) electrons. The summed E-state index contributed by atoms with van der Waals surface area (Å²) in [6, 6.07) is 6.69. The van der Waals surface area contributed by atoms with Crippen molar-refractivity contribution in [3.63, 3.8) is 0 Å². The van der Waals surface area contributed by atoms with Crippen LogP contribution in [0, 0.1) is 0 Å². The van der Waals surface area contributed by atoms with Crippen molar-refractivity contribution in [1.82, 2.24) is 0 Å². The van der Waals surface area contributed by atoms with Crippen molar-refractivity contribution in [1.29, 1.82) is 0 Å². The van der Waals surface area contributed by atoms with E-state index >= 15 is 0 Å². The van der Waals surface area contributed by atoms with Crippen LogP contribution in [0.5, 0.6) is 5.75 Å². The molecule has 2 nitrogen and oxygen atoms in total. The first-order valence-corrected chi connectivity index (χ1v) is 10.2. The van der Waals surface area contributed by atoms with Crippen LogP contribution in [0.25, 0.3) is 0 Å². The molecule has 1 aromatic rings. The average molecular weight is 277 g/mol. The third-order valence-electron chi connectivity index (χ3n) is 4.66. The fourth-order valence-electron chi connectivity index (χ4n) is 2.32. The van der Waals surface area contributed by atoms with Crippen molar-refractivity contribution in [2.75, 3.05) is 0 Å². The molecule has 1 aromatic carbocycles. The molecule has 3 heteroatoms. The molecule has 2 rings (SSSR count). The van der Waals surface area contributed by atoms with Crippen molar-refractivity contribution < 1.29 is 4.43 Å². The minimum absolute atomic E-state index is 0.187. The summed E-state index contributed by atoms with van der Waals surface area (Å²) in [6.45, 7) is 11.4. The molecule has 0 fully saturated rings. The van der Waals surface area contributed by atoms with Crippen LogP contribution in [0.2, 0.25) is 18.1 Å². The lowest BCUT2D eigenvalue weighted by atomic mass is 9.88. The van der Waals surface area contributed by atoms with Gasteiger partial charge in [-0.2, -0.15) is 0 Å². The van der Waals surface area contributed by atoms with Gasteiger partial charge in [0.05, 0.1) is 0 Å². The van der Waals surface area contributed by atoms with Gasteiger partial charge in [0.25, 0.3) is 0 Å². The third kappa shape index (κ3) is 3.03. The van der Waals surface area contributed by atoms with E-state index in [1.807, 2.05) is 0 Å². The van der Waals surface area contributed by atoms with E-state index in [0.29, 0.717) is 0 Å².